The zero-order valence-corrected chi connectivity index (χ0v) is 15.5. The molecule has 0 amide bonds. The number of hydrogen-bond acceptors (Lipinski definition) is 5. The molecule has 3 aromatic heterocycles. The van der Waals surface area contributed by atoms with E-state index in [0.29, 0.717) is 0 Å². The van der Waals surface area contributed by atoms with Crippen molar-refractivity contribution < 1.29 is 0 Å². The first-order valence-electron chi connectivity index (χ1n) is 9.42. The normalized spacial score (nSPS) is 18.5. The monoisotopic (exact) mass is 366 g/mol. The van der Waals surface area contributed by atoms with Gasteiger partial charge >= 0.3 is 0 Å². The van der Waals surface area contributed by atoms with Gasteiger partial charge in [-0.15, -0.1) is 11.3 Å². The van der Waals surface area contributed by atoms with E-state index in [1.54, 1.807) is 17.7 Å². The molecule has 5 rings (SSSR count). The van der Waals surface area contributed by atoms with E-state index in [4.69, 9.17) is 0 Å². The summed E-state index contributed by atoms with van der Waals surface area (Å²) in [6.07, 6.45) is 10.9. The van der Waals surface area contributed by atoms with E-state index in [1.807, 2.05) is 23.0 Å². The molecule has 134 valence electrons. The SMILES string of the molecule is O=c1c2c3c(sc2ncn1C1CCN(Cc2cccnc2)CC1)CCC3. The summed E-state index contributed by atoms with van der Waals surface area (Å²) in [4.78, 5) is 26.7. The van der Waals surface area contributed by atoms with Crippen LogP contribution in [0, 0.1) is 0 Å². The highest BCUT2D eigenvalue weighted by atomic mass is 32.1. The third-order valence-electron chi connectivity index (χ3n) is 5.73. The van der Waals surface area contributed by atoms with Gasteiger partial charge in [-0.1, -0.05) is 6.07 Å². The van der Waals surface area contributed by atoms with Crippen LogP contribution in [0.1, 0.15) is 41.3 Å². The van der Waals surface area contributed by atoms with Crippen LogP contribution >= 0.6 is 11.3 Å². The van der Waals surface area contributed by atoms with Gasteiger partial charge in [-0.2, -0.15) is 0 Å². The van der Waals surface area contributed by atoms with Crippen LogP contribution in [0.4, 0.5) is 0 Å². The fraction of sp³-hybridized carbons (Fsp3) is 0.450. The molecule has 0 spiro atoms. The van der Waals surface area contributed by atoms with Crippen molar-refractivity contribution in [3.8, 4) is 0 Å². The van der Waals surface area contributed by atoms with Gasteiger partial charge in [-0.25, -0.2) is 4.98 Å². The lowest BCUT2D eigenvalue weighted by Gasteiger charge is -2.32. The van der Waals surface area contributed by atoms with Crippen molar-refractivity contribution in [2.75, 3.05) is 13.1 Å². The van der Waals surface area contributed by atoms with Crippen molar-refractivity contribution in [2.24, 2.45) is 0 Å². The molecule has 26 heavy (non-hydrogen) atoms. The van der Waals surface area contributed by atoms with E-state index in [1.165, 1.54) is 22.4 Å². The molecule has 6 heteroatoms. The summed E-state index contributed by atoms with van der Waals surface area (Å²) in [5.41, 5.74) is 2.71. The Morgan fingerprint density at radius 1 is 1.23 bits per heavy atom. The Labute approximate surface area is 156 Å². The first-order chi connectivity index (χ1) is 12.8. The first kappa shape index (κ1) is 16.1. The number of nitrogens with zero attached hydrogens (tertiary/aromatic N) is 4. The molecule has 1 aliphatic heterocycles. The number of likely N-dealkylation sites (tertiary alicyclic amines) is 1. The van der Waals surface area contributed by atoms with E-state index >= 15 is 0 Å². The summed E-state index contributed by atoms with van der Waals surface area (Å²) in [6, 6.07) is 4.38. The minimum Gasteiger partial charge on any atom is -0.299 e. The number of piperidine rings is 1. The Morgan fingerprint density at radius 3 is 2.92 bits per heavy atom. The van der Waals surface area contributed by atoms with Gasteiger partial charge in [0, 0.05) is 42.9 Å². The molecule has 3 aromatic rings. The Morgan fingerprint density at radius 2 is 2.12 bits per heavy atom. The average molecular weight is 366 g/mol. The first-order valence-corrected chi connectivity index (χ1v) is 10.2. The van der Waals surface area contributed by atoms with Crippen molar-refractivity contribution in [3.63, 3.8) is 0 Å². The van der Waals surface area contributed by atoms with E-state index < -0.39 is 0 Å². The van der Waals surface area contributed by atoms with E-state index in [0.717, 1.165) is 55.5 Å². The van der Waals surface area contributed by atoms with Gasteiger partial charge in [0.05, 0.1) is 11.7 Å². The zero-order valence-electron chi connectivity index (χ0n) is 14.7. The number of thiophene rings is 1. The second-order valence-electron chi connectivity index (χ2n) is 7.36. The van der Waals surface area contributed by atoms with Crippen molar-refractivity contribution in [3.05, 3.63) is 57.2 Å². The number of pyridine rings is 1. The summed E-state index contributed by atoms with van der Waals surface area (Å²) in [5.74, 6) is 0. The maximum absolute atomic E-state index is 13.1. The molecule has 1 saturated heterocycles. The predicted octanol–water partition coefficient (Wildman–Crippen LogP) is 3.18. The molecule has 0 saturated carbocycles. The van der Waals surface area contributed by atoms with Crippen LogP contribution < -0.4 is 5.56 Å². The maximum atomic E-state index is 13.1. The second kappa shape index (κ2) is 6.59. The maximum Gasteiger partial charge on any atom is 0.262 e. The van der Waals surface area contributed by atoms with Gasteiger partial charge < -0.3 is 0 Å². The zero-order chi connectivity index (χ0) is 17.5. The summed E-state index contributed by atoms with van der Waals surface area (Å²) in [6.45, 7) is 2.95. The van der Waals surface area contributed by atoms with Crippen LogP contribution in [0.3, 0.4) is 0 Å². The largest absolute Gasteiger partial charge is 0.299 e. The van der Waals surface area contributed by atoms with Crippen molar-refractivity contribution in [2.45, 2.75) is 44.7 Å². The van der Waals surface area contributed by atoms with Crippen molar-refractivity contribution >= 4 is 21.6 Å². The molecule has 0 unspecified atom stereocenters. The lowest BCUT2D eigenvalue weighted by molar-refractivity contribution is 0.177. The van der Waals surface area contributed by atoms with Crippen LogP contribution in [0.25, 0.3) is 10.2 Å². The topological polar surface area (TPSA) is 51.0 Å². The molecule has 5 nitrogen and oxygen atoms in total. The minimum atomic E-state index is 0.181. The van der Waals surface area contributed by atoms with Crippen molar-refractivity contribution in [1.29, 1.82) is 0 Å². The van der Waals surface area contributed by atoms with Gasteiger partial charge in [-0.05, 0) is 49.3 Å². The fourth-order valence-corrected chi connectivity index (χ4v) is 5.58. The summed E-state index contributed by atoms with van der Waals surface area (Å²) < 4.78 is 1.91. The Hall–Kier alpha value is -2.05. The number of fused-ring (bicyclic) bond motifs is 3. The van der Waals surface area contributed by atoms with Crippen LogP contribution in [0.2, 0.25) is 0 Å². The standard InChI is InChI=1S/C20H22N4OS/c25-20-18-16-4-1-5-17(16)26-19(18)22-13-24(20)15-6-9-23(10-7-15)12-14-3-2-8-21-11-14/h2-3,8,11,13,15H,1,4-7,9-10,12H2. The molecular formula is C20H22N4OS. The second-order valence-corrected chi connectivity index (χ2v) is 8.45. The fourth-order valence-electron chi connectivity index (χ4n) is 4.36. The highest BCUT2D eigenvalue weighted by molar-refractivity contribution is 7.18. The predicted molar refractivity (Wildman–Crippen MR) is 104 cm³/mol. The van der Waals surface area contributed by atoms with Crippen LogP contribution in [0.15, 0.2) is 35.6 Å². The third kappa shape index (κ3) is 2.77. The molecule has 0 bridgehead atoms. The average Bonchev–Trinajstić information content (AvgIpc) is 3.25. The Balaban J connectivity index is 1.35. The van der Waals surface area contributed by atoms with Gasteiger partial charge in [0.15, 0.2) is 0 Å². The summed E-state index contributed by atoms with van der Waals surface area (Å²) in [5, 5.41) is 0.905. The Bertz CT molecular complexity index is 986. The minimum absolute atomic E-state index is 0.181. The molecule has 4 heterocycles. The molecule has 0 N–H and O–H groups in total. The van der Waals surface area contributed by atoms with Gasteiger partial charge in [0.1, 0.15) is 4.83 Å². The molecule has 0 radical (unpaired) electrons. The molecule has 1 fully saturated rings. The molecule has 2 aliphatic rings. The van der Waals surface area contributed by atoms with Gasteiger partial charge in [0.25, 0.3) is 5.56 Å². The smallest absolute Gasteiger partial charge is 0.262 e. The van der Waals surface area contributed by atoms with E-state index in [-0.39, 0.29) is 11.6 Å². The third-order valence-corrected chi connectivity index (χ3v) is 6.93. The lowest BCUT2D eigenvalue weighted by Crippen LogP contribution is -2.37. The summed E-state index contributed by atoms with van der Waals surface area (Å²) >= 11 is 1.72. The lowest BCUT2D eigenvalue weighted by atomic mass is 10.0. The quantitative estimate of drug-likeness (QED) is 0.714. The number of aryl methyl sites for hydroxylation is 2. The highest BCUT2D eigenvalue weighted by Gasteiger charge is 2.25. The molecule has 0 atom stereocenters. The van der Waals surface area contributed by atoms with Crippen molar-refractivity contribution in [1.82, 2.24) is 19.4 Å². The van der Waals surface area contributed by atoms with Crippen LogP contribution in [-0.2, 0) is 19.4 Å². The highest BCUT2D eigenvalue weighted by Crippen LogP contribution is 2.35. The van der Waals surface area contributed by atoms with Gasteiger partial charge in [0.2, 0.25) is 0 Å². The number of aromatic nitrogens is 3. The van der Waals surface area contributed by atoms with Crippen LogP contribution in [-0.4, -0.2) is 32.5 Å². The molecule has 1 aliphatic carbocycles. The van der Waals surface area contributed by atoms with E-state index in [9.17, 15) is 4.79 Å². The number of rotatable bonds is 3. The number of hydrogen-bond donors (Lipinski definition) is 0. The van der Waals surface area contributed by atoms with E-state index in [2.05, 4.69) is 20.9 Å². The van der Waals surface area contributed by atoms with Gasteiger partial charge in [-0.3, -0.25) is 19.2 Å². The molecular weight excluding hydrogens is 344 g/mol. The Kier molecular flexibility index (Phi) is 4.10. The van der Waals surface area contributed by atoms with Crippen LogP contribution in [0.5, 0.6) is 0 Å². The summed E-state index contributed by atoms with van der Waals surface area (Å²) in [7, 11) is 0. The molecule has 0 aromatic carbocycles.